The Morgan fingerprint density at radius 2 is 2.00 bits per heavy atom. The lowest BCUT2D eigenvalue weighted by Gasteiger charge is -2.28. The van der Waals surface area contributed by atoms with Crippen LogP contribution in [0.25, 0.3) is 5.57 Å². The number of nitrogens with zero attached hydrogens (tertiary/aromatic N) is 1. The van der Waals surface area contributed by atoms with Crippen LogP contribution in [0.5, 0.6) is 11.5 Å². The van der Waals surface area contributed by atoms with E-state index in [2.05, 4.69) is 48.7 Å². The predicted octanol–water partition coefficient (Wildman–Crippen LogP) is 4.35. The maximum atomic E-state index is 6.02. The first-order valence-corrected chi connectivity index (χ1v) is 8.96. The molecule has 1 heterocycles. The van der Waals surface area contributed by atoms with Crippen molar-refractivity contribution in [2.75, 3.05) is 33.9 Å². The fraction of sp³-hybridized carbons (Fsp3) is 0.476. The molecule has 0 saturated carbocycles. The number of hydrogen-bond donors (Lipinski definition) is 0. The lowest BCUT2D eigenvalue weighted by atomic mass is 9.94. The molecule has 0 N–H and O–H groups in total. The van der Waals surface area contributed by atoms with Gasteiger partial charge in [-0.1, -0.05) is 24.3 Å². The van der Waals surface area contributed by atoms with Crippen molar-refractivity contribution in [3.8, 4) is 11.5 Å². The molecule has 1 aromatic carbocycles. The molecule has 3 rings (SSSR count). The molecule has 0 aromatic heterocycles. The number of likely N-dealkylation sites (tertiary alicyclic amines) is 1. The fourth-order valence-corrected chi connectivity index (χ4v) is 3.38. The molecular formula is C21H28NO2. The van der Waals surface area contributed by atoms with E-state index in [0.29, 0.717) is 0 Å². The van der Waals surface area contributed by atoms with E-state index in [0.717, 1.165) is 36.9 Å². The predicted molar refractivity (Wildman–Crippen MR) is 99.4 cm³/mol. The molecule has 1 aliphatic heterocycles. The topological polar surface area (TPSA) is 21.7 Å². The second-order valence-corrected chi connectivity index (χ2v) is 6.74. The summed E-state index contributed by atoms with van der Waals surface area (Å²) in [4.78, 5) is 2.41. The molecule has 24 heavy (non-hydrogen) atoms. The van der Waals surface area contributed by atoms with Gasteiger partial charge in [0.25, 0.3) is 0 Å². The third-order valence-electron chi connectivity index (χ3n) is 5.00. The maximum absolute atomic E-state index is 6.02. The van der Waals surface area contributed by atoms with Crippen molar-refractivity contribution < 1.29 is 9.47 Å². The quantitative estimate of drug-likeness (QED) is 0.775. The van der Waals surface area contributed by atoms with Gasteiger partial charge in [-0.15, -0.1) is 0 Å². The largest absolute Gasteiger partial charge is 0.493 e. The average molecular weight is 326 g/mol. The molecule has 1 aromatic rings. The number of rotatable bonds is 6. The molecule has 0 atom stereocenters. The molecular weight excluding hydrogens is 298 g/mol. The lowest BCUT2D eigenvalue weighted by molar-refractivity contribution is 0.185. The van der Waals surface area contributed by atoms with E-state index in [1.165, 1.54) is 37.1 Å². The van der Waals surface area contributed by atoms with Crippen LogP contribution in [0, 0.1) is 12.3 Å². The highest BCUT2D eigenvalue weighted by Crippen LogP contribution is 2.33. The van der Waals surface area contributed by atoms with Crippen LogP contribution in [-0.2, 0) is 0 Å². The minimum atomic E-state index is 0.766. The molecule has 2 aliphatic rings. The lowest BCUT2D eigenvalue weighted by Crippen LogP contribution is -2.30. The van der Waals surface area contributed by atoms with Gasteiger partial charge in [-0.2, -0.15) is 0 Å². The van der Waals surface area contributed by atoms with Crippen LogP contribution < -0.4 is 9.47 Å². The first-order valence-electron chi connectivity index (χ1n) is 8.96. The molecule has 0 bridgehead atoms. The summed E-state index contributed by atoms with van der Waals surface area (Å²) in [6, 6.07) is 6.23. The Morgan fingerprint density at radius 1 is 1.17 bits per heavy atom. The van der Waals surface area contributed by atoms with Crippen molar-refractivity contribution in [3.05, 3.63) is 48.4 Å². The number of benzene rings is 1. The van der Waals surface area contributed by atoms with Gasteiger partial charge in [0.1, 0.15) is 0 Å². The Kier molecular flexibility index (Phi) is 5.97. The molecule has 1 saturated heterocycles. The minimum absolute atomic E-state index is 0.766. The van der Waals surface area contributed by atoms with Crippen LogP contribution in [0.1, 0.15) is 31.2 Å². The van der Waals surface area contributed by atoms with Gasteiger partial charge >= 0.3 is 0 Å². The smallest absolute Gasteiger partial charge is 0.161 e. The minimum Gasteiger partial charge on any atom is -0.493 e. The van der Waals surface area contributed by atoms with E-state index in [4.69, 9.17) is 9.47 Å². The van der Waals surface area contributed by atoms with Crippen LogP contribution in [0.3, 0.4) is 0 Å². The Labute approximate surface area is 146 Å². The van der Waals surface area contributed by atoms with Crippen LogP contribution in [0.15, 0.2) is 36.4 Å². The third-order valence-corrected chi connectivity index (χ3v) is 5.00. The second kappa shape index (κ2) is 8.39. The Balaban J connectivity index is 1.57. The van der Waals surface area contributed by atoms with Gasteiger partial charge in [0, 0.05) is 0 Å². The van der Waals surface area contributed by atoms with Gasteiger partial charge in [0.15, 0.2) is 11.5 Å². The monoisotopic (exact) mass is 326 g/mol. The molecule has 3 nitrogen and oxygen atoms in total. The van der Waals surface area contributed by atoms with E-state index in [1.807, 2.05) is 6.07 Å². The second-order valence-electron chi connectivity index (χ2n) is 6.74. The van der Waals surface area contributed by atoms with Crippen molar-refractivity contribution in [3.63, 3.8) is 0 Å². The summed E-state index contributed by atoms with van der Waals surface area (Å²) in [5.74, 6) is 2.46. The van der Waals surface area contributed by atoms with Crippen LogP contribution >= 0.6 is 0 Å². The van der Waals surface area contributed by atoms with E-state index in [1.54, 1.807) is 7.11 Å². The highest BCUT2D eigenvalue weighted by atomic mass is 16.5. The standard InChI is InChI=1S/C21H28NO2/c1-22-13-10-17(11-14-22)12-15-24-20-9-8-19(16-21(20)23-2)18-6-4-3-5-7-18/h3-4,6-9,16-17H,5,10-15H2,1-2H3. The summed E-state index contributed by atoms with van der Waals surface area (Å²) >= 11 is 0. The number of methoxy groups -OCH3 is 1. The van der Waals surface area contributed by atoms with Crippen LogP contribution in [-0.4, -0.2) is 38.8 Å². The molecule has 0 unspecified atom stereocenters. The fourth-order valence-electron chi connectivity index (χ4n) is 3.38. The van der Waals surface area contributed by atoms with Gasteiger partial charge < -0.3 is 14.4 Å². The van der Waals surface area contributed by atoms with Crippen LogP contribution in [0.2, 0.25) is 0 Å². The zero-order valence-electron chi connectivity index (χ0n) is 14.8. The Hall–Kier alpha value is -1.74. The van der Waals surface area contributed by atoms with E-state index in [-0.39, 0.29) is 0 Å². The number of hydrogen-bond acceptors (Lipinski definition) is 3. The van der Waals surface area contributed by atoms with Gasteiger partial charge in [-0.25, -0.2) is 0 Å². The van der Waals surface area contributed by atoms with Gasteiger partial charge in [-0.3, -0.25) is 0 Å². The molecule has 1 fully saturated rings. The summed E-state index contributed by atoms with van der Waals surface area (Å²) in [7, 11) is 3.91. The van der Waals surface area contributed by atoms with Crippen molar-refractivity contribution in [2.24, 2.45) is 5.92 Å². The van der Waals surface area contributed by atoms with Gasteiger partial charge in [-0.05, 0) is 81.4 Å². The maximum Gasteiger partial charge on any atom is 0.161 e. The normalized spacial score (nSPS) is 19.2. The van der Waals surface area contributed by atoms with Crippen molar-refractivity contribution in [2.45, 2.75) is 25.7 Å². The summed E-state index contributed by atoms with van der Waals surface area (Å²) in [5, 5.41) is 0. The van der Waals surface area contributed by atoms with Crippen molar-refractivity contribution in [1.82, 2.24) is 4.90 Å². The summed E-state index contributed by atoms with van der Waals surface area (Å²) in [6.45, 7) is 3.19. The third kappa shape index (κ3) is 4.41. The highest BCUT2D eigenvalue weighted by Gasteiger charge is 2.17. The van der Waals surface area contributed by atoms with Gasteiger partial charge in [0.2, 0.25) is 0 Å². The first kappa shape index (κ1) is 17.1. The van der Waals surface area contributed by atoms with E-state index >= 15 is 0 Å². The number of piperidine rings is 1. The first-order chi connectivity index (χ1) is 11.8. The van der Waals surface area contributed by atoms with Gasteiger partial charge in [0.05, 0.1) is 13.7 Å². The molecule has 0 spiro atoms. The average Bonchev–Trinajstić information content (AvgIpc) is 2.64. The summed E-state index contributed by atoms with van der Waals surface area (Å²) in [6.07, 6.45) is 13.3. The molecule has 0 amide bonds. The number of ether oxygens (including phenoxy) is 2. The molecule has 1 radical (unpaired) electrons. The summed E-state index contributed by atoms with van der Waals surface area (Å²) in [5.41, 5.74) is 2.42. The molecule has 3 heteroatoms. The zero-order valence-corrected chi connectivity index (χ0v) is 14.8. The SMILES string of the molecule is COc1cc(C2=CC=CC[CH]2)ccc1OCCC1CCN(C)CC1. The number of allylic oxidation sites excluding steroid dienone is 4. The van der Waals surface area contributed by atoms with E-state index < -0.39 is 0 Å². The Morgan fingerprint density at radius 3 is 2.71 bits per heavy atom. The Bertz CT molecular complexity index is 598. The highest BCUT2D eigenvalue weighted by molar-refractivity contribution is 5.75. The zero-order chi connectivity index (χ0) is 16.8. The molecule has 129 valence electrons. The summed E-state index contributed by atoms with van der Waals surface area (Å²) < 4.78 is 11.6. The van der Waals surface area contributed by atoms with Crippen molar-refractivity contribution in [1.29, 1.82) is 0 Å². The van der Waals surface area contributed by atoms with Crippen LogP contribution in [0.4, 0.5) is 0 Å². The molecule has 1 aliphatic carbocycles. The van der Waals surface area contributed by atoms with Crippen molar-refractivity contribution >= 4 is 5.57 Å². The van der Waals surface area contributed by atoms with E-state index in [9.17, 15) is 0 Å².